The Morgan fingerprint density at radius 3 is 2.70 bits per heavy atom. The van der Waals surface area contributed by atoms with E-state index in [2.05, 4.69) is 50.6 Å². The van der Waals surface area contributed by atoms with Crippen LogP contribution in [0.1, 0.15) is 43.7 Å². The molecule has 1 aromatic carbocycles. The molecule has 6 heteroatoms. The third kappa shape index (κ3) is 4.53. The number of rotatable bonds is 5. The van der Waals surface area contributed by atoms with Crippen molar-refractivity contribution in [3.63, 3.8) is 0 Å². The van der Waals surface area contributed by atoms with E-state index in [1.54, 1.807) is 6.20 Å². The van der Waals surface area contributed by atoms with Gasteiger partial charge in [-0.25, -0.2) is 4.98 Å². The van der Waals surface area contributed by atoms with Crippen LogP contribution in [0.25, 0.3) is 0 Å². The molecule has 1 fully saturated rings. The highest BCUT2D eigenvalue weighted by Crippen LogP contribution is 2.27. The Hall–Kier alpha value is -1.85. The maximum absolute atomic E-state index is 6.30. The van der Waals surface area contributed by atoms with Crippen molar-refractivity contribution in [1.82, 2.24) is 14.9 Å². The SMILES string of the molecule is CCN1CCc2ccc(Nc3ncc(Cl)c(NC4CCCC4)n3)cc2CC1. The van der Waals surface area contributed by atoms with E-state index in [4.69, 9.17) is 11.6 Å². The number of halogens is 1. The Kier molecular flexibility index (Phi) is 5.79. The minimum atomic E-state index is 0.472. The van der Waals surface area contributed by atoms with Crippen LogP contribution in [0.5, 0.6) is 0 Å². The van der Waals surface area contributed by atoms with E-state index >= 15 is 0 Å². The number of nitrogens with zero attached hydrogens (tertiary/aromatic N) is 3. The van der Waals surface area contributed by atoms with Crippen LogP contribution in [0.15, 0.2) is 24.4 Å². The van der Waals surface area contributed by atoms with Gasteiger partial charge in [-0.05, 0) is 55.5 Å². The van der Waals surface area contributed by atoms with Gasteiger partial charge in [0.15, 0.2) is 5.82 Å². The zero-order chi connectivity index (χ0) is 18.6. The summed E-state index contributed by atoms with van der Waals surface area (Å²) in [7, 11) is 0. The van der Waals surface area contributed by atoms with E-state index in [0.717, 1.165) is 44.0 Å². The summed E-state index contributed by atoms with van der Waals surface area (Å²) < 4.78 is 0. The third-order valence-electron chi connectivity index (χ3n) is 5.74. The van der Waals surface area contributed by atoms with Crippen molar-refractivity contribution in [3.8, 4) is 0 Å². The number of fused-ring (bicyclic) bond motifs is 1. The van der Waals surface area contributed by atoms with Crippen molar-refractivity contribution >= 4 is 29.1 Å². The maximum Gasteiger partial charge on any atom is 0.229 e. The fourth-order valence-electron chi connectivity index (χ4n) is 4.09. The van der Waals surface area contributed by atoms with Crippen LogP contribution in [0.2, 0.25) is 5.02 Å². The van der Waals surface area contributed by atoms with Gasteiger partial charge in [0, 0.05) is 24.8 Å². The van der Waals surface area contributed by atoms with Crippen LogP contribution in [0.4, 0.5) is 17.5 Å². The Morgan fingerprint density at radius 2 is 1.93 bits per heavy atom. The predicted octanol–water partition coefficient (Wildman–Crippen LogP) is 4.65. The van der Waals surface area contributed by atoms with Crippen LogP contribution in [-0.2, 0) is 12.8 Å². The summed E-state index contributed by atoms with van der Waals surface area (Å²) in [5.74, 6) is 1.32. The van der Waals surface area contributed by atoms with Gasteiger partial charge in [0.2, 0.25) is 5.95 Å². The van der Waals surface area contributed by atoms with Crippen LogP contribution in [-0.4, -0.2) is 40.5 Å². The predicted molar refractivity (Wildman–Crippen MR) is 112 cm³/mol. The Labute approximate surface area is 166 Å². The van der Waals surface area contributed by atoms with Crippen molar-refractivity contribution in [3.05, 3.63) is 40.5 Å². The lowest BCUT2D eigenvalue weighted by Crippen LogP contribution is -2.25. The molecule has 2 aliphatic rings. The summed E-state index contributed by atoms with van der Waals surface area (Å²) in [6, 6.07) is 7.09. The van der Waals surface area contributed by atoms with E-state index in [0.29, 0.717) is 17.0 Å². The van der Waals surface area contributed by atoms with Crippen molar-refractivity contribution in [2.24, 2.45) is 0 Å². The number of hydrogen-bond donors (Lipinski definition) is 2. The first kappa shape index (κ1) is 18.5. The number of nitrogens with one attached hydrogen (secondary N) is 2. The Balaban J connectivity index is 1.48. The molecule has 1 aliphatic carbocycles. The summed E-state index contributed by atoms with van der Waals surface area (Å²) in [6.07, 6.45) is 8.80. The van der Waals surface area contributed by atoms with Crippen molar-refractivity contribution in [2.75, 3.05) is 30.3 Å². The van der Waals surface area contributed by atoms with Gasteiger partial charge in [0.1, 0.15) is 5.02 Å². The topological polar surface area (TPSA) is 53.1 Å². The zero-order valence-corrected chi connectivity index (χ0v) is 16.7. The lowest BCUT2D eigenvalue weighted by molar-refractivity contribution is 0.303. The van der Waals surface area contributed by atoms with Gasteiger partial charge in [-0.15, -0.1) is 0 Å². The summed E-state index contributed by atoms with van der Waals surface area (Å²) in [6.45, 7) is 5.62. The van der Waals surface area contributed by atoms with E-state index in [-0.39, 0.29) is 0 Å². The molecule has 0 atom stereocenters. The van der Waals surface area contributed by atoms with E-state index in [1.807, 2.05) is 0 Å². The second kappa shape index (κ2) is 8.44. The number of anilines is 3. The highest BCUT2D eigenvalue weighted by molar-refractivity contribution is 6.32. The molecule has 1 saturated carbocycles. The average Bonchev–Trinajstić information content (AvgIpc) is 3.10. The second-order valence-electron chi connectivity index (χ2n) is 7.56. The van der Waals surface area contributed by atoms with Crippen molar-refractivity contribution in [1.29, 1.82) is 0 Å². The highest BCUT2D eigenvalue weighted by atomic mass is 35.5. The molecule has 0 spiro atoms. The van der Waals surface area contributed by atoms with E-state index < -0.39 is 0 Å². The molecule has 4 rings (SSSR count). The molecule has 0 radical (unpaired) electrons. The average molecular weight is 386 g/mol. The number of hydrogen-bond acceptors (Lipinski definition) is 5. The van der Waals surface area contributed by atoms with Gasteiger partial charge in [-0.1, -0.05) is 37.4 Å². The highest BCUT2D eigenvalue weighted by Gasteiger charge is 2.17. The molecule has 1 aliphatic heterocycles. The summed E-state index contributed by atoms with van der Waals surface area (Å²) >= 11 is 6.30. The molecule has 2 aromatic rings. The van der Waals surface area contributed by atoms with Gasteiger partial charge in [0.25, 0.3) is 0 Å². The minimum Gasteiger partial charge on any atom is -0.366 e. The quantitative estimate of drug-likeness (QED) is 0.784. The summed E-state index contributed by atoms with van der Waals surface area (Å²) in [5, 5.41) is 7.41. The first-order chi connectivity index (χ1) is 13.2. The fourth-order valence-corrected chi connectivity index (χ4v) is 4.23. The van der Waals surface area contributed by atoms with Gasteiger partial charge in [-0.2, -0.15) is 4.98 Å². The summed E-state index contributed by atoms with van der Waals surface area (Å²) in [4.78, 5) is 11.5. The molecule has 2 heterocycles. The second-order valence-corrected chi connectivity index (χ2v) is 7.97. The van der Waals surface area contributed by atoms with Crippen LogP contribution < -0.4 is 10.6 Å². The first-order valence-electron chi connectivity index (χ1n) is 10.1. The van der Waals surface area contributed by atoms with Gasteiger partial charge < -0.3 is 15.5 Å². The number of benzene rings is 1. The van der Waals surface area contributed by atoms with Crippen molar-refractivity contribution in [2.45, 2.75) is 51.5 Å². The smallest absolute Gasteiger partial charge is 0.229 e. The van der Waals surface area contributed by atoms with Gasteiger partial charge in [0.05, 0.1) is 6.20 Å². The van der Waals surface area contributed by atoms with Gasteiger partial charge in [-0.3, -0.25) is 0 Å². The molecule has 0 unspecified atom stereocenters. The molecular weight excluding hydrogens is 358 g/mol. The molecule has 0 saturated heterocycles. The third-order valence-corrected chi connectivity index (χ3v) is 6.02. The molecule has 144 valence electrons. The molecule has 1 aromatic heterocycles. The standard InChI is InChI=1S/C21H28ClN5/c1-2-27-11-9-15-7-8-18(13-16(15)10-12-27)25-21-23-14-19(22)20(26-21)24-17-5-3-4-6-17/h7-8,13-14,17H,2-6,9-12H2,1H3,(H2,23,24,25,26). The normalized spacial score (nSPS) is 18.1. The fraction of sp³-hybridized carbons (Fsp3) is 0.524. The molecular formula is C21H28ClN5. The van der Waals surface area contributed by atoms with Crippen LogP contribution in [0, 0.1) is 0 Å². The number of aromatic nitrogens is 2. The lowest BCUT2D eigenvalue weighted by Gasteiger charge is -2.16. The summed E-state index contributed by atoms with van der Waals surface area (Å²) in [5.41, 5.74) is 3.92. The largest absolute Gasteiger partial charge is 0.366 e. The molecule has 0 bridgehead atoms. The Bertz CT molecular complexity index is 788. The molecule has 0 amide bonds. The van der Waals surface area contributed by atoms with Crippen molar-refractivity contribution < 1.29 is 0 Å². The Morgan fingerprint density at radius 1 is 1.15 bits per heavy atom. The number of likely N-dealkylation sites (N-methyl/N-ethyl adjacent to an activating group) is 1. The van der Waals surface area contributed by atoms with Gasteiger partial charge >= 0.3 is 0 Å². The lowest BCUT2D eigenvalue weighted by atomic mass is 10.0. The first-order valence-corrected chi connectivity index (χ1v) is 10.5. The molecule has 2 N–H and O–H groups in total. The maximum atomic E-state index is 6.30. The monoisotopic (exact) mass is 385 g/mol. The zero-order valence-electron chi connectivity index (χ0n) is 16.0. The van der Waals surface area contributed by atoms with E-state index in [1.165, 1.54) is 36.8 Å². The van der Waals surface area contributed by atoms with Crippen LogP contribution >= 0.6 is 11.6 Å². The molecule has 27 heavy (non-hydrogen) atoms. The molecule has 5 nitrogen and oxygen atoms in total. The minimum absolute atomic E-state index is 0.472. The van der Waals surface area contributed by atoms with E-state index in [9.17, 15) is 0 Å². The van der Waals surface area contributed by atoms with Crippen LogP contribution in [0.3, 0.4) is 0 Å².